The van der Waals surface area contributed by atoms with Gasteiger partial charge in [-0.1, -0.05) is 19.1 Å². The average molecular weight is 249 g/mol. The number of ether oxygens (including phenoxy) is 1. The summed E-state index contributed by atoms with van der Waals surface area (Å²) in [6.07, 6.45) is 1.06. The topological polar surface area (TPSA) is 32.7 Å². The summed E-state index contributed by atoms with van der Waals surface area (Å²) in [6.45, 7) is 9.22. The van der Waals surface area contributed by atoms with Crippen molar-refractivity contribution in [1.82, 2.24) is 4.90 Å². The van der Waals surface area contributed by atoms with E-state index < -0.39 is 0 Å². The Balaban J connectivity index is 2.24. The van der Waals surface area contributed by atoms with E-state index in [1.54, 1.807) is 12.1 Å². The Labute approximate surface area is 109 Å². The third kappa shape index (κ3) is 2.68. The first kappa shape index (κ1) is 13.4. The summed E-state index contributed by atoms with van der Waals surface area (Å²) in [4.78, 5) is 2.52. The molecule has 1 aliphatic heterocycles. The number of phenolic OH excluding ortho intramolecular Hbond substituents is 1. The van der Waals surface area contributed by atoms with Crippen molar-refractivity contribution in [3.63, 3.8) is 0 Å². The van der Waals surface area contributed by atoms with Gasteiger partial charge in [-0.05, 0) is 38.0 Å². The number of rotatable bonds is 3. The Kier molecular flexibility index (Phi) is 3.93. The lowest BCUT2D eigenvalue weighted by atomic mass is 9.94. The van der Waals surface area contributed by atoms with Gasteiger partial charge in [-0.2, -0.15) is 0 Å². The fraction of sp³-hybridized carbons (Fsp3) is 0.600. The predicted octanol–water partition coefficient (Wildman–Crippen LogP) is 2.95. The second-order valence-electron chi connectivity index (χ2n) is 5.57. The number of aromatic hydroxyl groups is 1. The monoisotopic (exact) mass is 249 g/mol. The number of phenols is 1. The molecule has 0 amide bonds. The van der Waals surface area contributed by atoms with E-state index in [-0.39, 0.29) is 5.54 Å². The molecule has 1 heterocycles. The van der Waals surface area contributed by atoms with E-state index in [4.69, 9.17) is 4.74 Å². The van der Waals surface area contributed by atoms with Crippen LogP contribution in [0.25, 0.3) is 0 Å². The van der Waals surface area contributed by atoms with Crippen LogP contribution >= 0.6 is 0 Å². The highest BCUT2D eigenvalue weighted by Gasteiger charge is 2.35. The second-order valence-corrected chi connectivity index (χ2v) is 5.57. The third-order valence-electron chi connectivity index (χ3n) is 3.75. The van der Waals surface area contributed by atoms with Crippen molar-refractivity contribution >= 4 is 0 Å². The molecule has 1 aliphatic rings. The van der Waals surface area contributed by atoms with Gasteiger partial charge in [-0.15, -0.1) is 0 Å². The number of hydrogen-bond acceptors (Lipinski definition) is 3. The Morgan fingerprint density at radius 3 is 2.56 bits per heavy atom. The summed E-state index contributed by atoms with van der Waals surface area (Å²) in [5.74, 6) is 0.329. The molecule has 0 aromatic heterocycles. The largest absolute Gasteiger partial charge is 0.508 e. The Bertz CT molecular complexity index is 386. The van der Waals surface area contributed by atoms with Crippen LogP contribution in [0.1, 0.15) is 38.8 Å². The minimum Gasteiger partial charge on any atom is -0.508 e. The maximum atomic E-state index is 9.39. The summed E-state index contributed by atoms with van der Waals surface area (Å²) >= 11 is 0. The molecule has 1 aromatic rings. The van der Waals surface area contributed by atoms with Crippen LogP contribution in [0.2, 0.25) is 0 Å². The zero-order chi connectivity index (χ0) is 13.2. The molecule has 1 atom stereocenters. The van der Waals surface area contributed by atoms with E-state index in [9.17, 15) is 5.11 Å². The number of morpholine rings is 1. The molecule has 0 spiro atoms. The third-order valence-corrected chi connectivity index (χ3v) is 3.75. The van der Waals surface area contributed by atoms with Crippen molar-refractivity contribution in [3.05, 3.63) is 29.8 Å². The maximum absolute atomic E-state index is 9.39. The van der Waals surface area contributed by atoms with Gasteiger partial charge in [0.2, 0.25) is 0 Å². The highest BCUT2D eigenvalue weighted by molar-refractivity contribution is 5.28. The Morgan fingerprint density at radius 2 is 2.00 bits per heavy atom. The Morgan fingerprint density at radius 1 is 1.33 bits per heavy atom. The summed E-state index contributed by atoms with van der Waals surface area (Å²) in [6, 6.07) is 7.98. The molecule has 2 rings (SSSR count). The zero-order valence-corrected chi connectivity index (χ0v) is 11.5. The van der Waals surface area contributed by atoms with E-state index in [2.05, 4.69) is 25.7 Å². The molecule has 3 heteroatoms. The summed E-state index contributed by atoms with van der Waals surface area (Å²) in [5.41, 5.74) is 1.34. The average Bonchev–Trinajstić information content (AvgIpc) is 2.34. The van der Waals surface area contributed by atoms with Crippen molar-refractivity contribution in [2.75, 3.05) is 19.8 Å². The van der Waals surface area contributed by atoms with Crippen LogP contribution < -0.4 is 0 Å². The lowest BCUT2D eigenvalue weighted by Crippen LogP contribution is -2.54. The maximum Gasteiger partial charge on any atom is 0.115 e. The first-order chi connectivity index (χ1) is 8.54. The molecule has 1 N–H and O–H groups in total. The first-order valence-corrected chi connectivity index (χ1v) is 6.68. The molecule has 1 fully saturated rings. The molecule has 18 heavy (non-hydrogen) atoms. The summed E-state index contributed by atoms with van der Waals surface area (Å²) < 4.78 is 5.58. The number of hydrogen-bond donors (Lipinski definition) is 1. The van der Waals surface area contributed by atoms with Crippen LogP contribution in [0.15, 0.2) is 24.3 Å². The molecule has 0 saturated carbocycles. The molecule has 0 radical (unpaired) electrons. The van der Waals surface area contributed by atoms with Gasteiger partial charge in [0.05, 0.1) is 13.2 Å². The van der Waals surface area contributed by atoms with Crippen LogP contribution in [0, 0.1) is 0 Å². The normalized spacial score (nSPS) is 21.7. The van der Waals surface area contributed by atoms with Gasteiger partial charge in [0.15, 0.2) is 0 Å². The summed E-state index contributed by atoms with van der Waals surface area (Å²) in [7, 11) is 0. The molecule has 1 saturated heterocycles. The first-order valence-electron chi connectivity index (χ1n) is 6.68. The van der Waals surface area contributed by atoms with Crippen molar-refractivity contribution in [1.29, 1.82) is 0 Å². The van der Waals surface area contributed by atoms with Crippen LogP contribution in [-0.4, -0.2) is 35.3 Å². The van der Waals surface area contributed by atoms with Gasteiger partial charge < -0.3 is 9.84 Å². The van der Waals surface area contributed by atoms with E-state index >= 15 is 0 Å². The van der Waals surface area contributed by atoms with E-state index in [1.807, 2.05) is 12.1 Å². The SMILES string of the molecule is CCC(c1ccc(O)cc1)N1CCOCC1(C)C. The van der Waals surface area contributed by atoms with Crippen LogP contribution in [0.5, 0.6) is 5.75 Å². The minimum atomic E-state index is 0.0663. The van der Waals surface area contributed by atoms with Gasteiger partial charge in [0, 0.05) is 18.1 Å². The smallest absolute Gasteiger partial charge is 0.115 e. The fourth-order valence-corrected chi connectivity index (χ4v) is 2.78. The van der Waals surface area contributed by atoms with Gasteiger partial charge in [0.25, 0.3) is 0 Å². The van der Waals surface area contributed by atoms with Crippen molar-refractivity contribution in [2.24, 2.45) is 0 Å². The zero-order valence-electron chi connectivity index (χ0n) is 11.5. The standard InChI is InChI=1S/C15H23NO2/c1-4-14(12-5-7-13(17)8-6-12)16-9-10-18-11-15(16,2)3/h5-8,14,17H,4,9-11H2,1-3H3. The van der Waals surface area contributed by atoms with Gasteiger partial charge in [-0.25, -0.2) is 0 Å². The molecule has 1 unspecified atom stereocenters. The van der Waals surface area contributed by atoms with Gasteiger partial charge in [-0.3, -0.25) is 4.90 Å². The van der Waals surface area contributed by atoms with Crippen molar-refractivity contribution in [2.45, 2.75) is 38.8 Å². The highest BCUT2D eigenvalue weighted by Crippen LogP contribution is 2.33. The second kappa shape index (κ2) is 5.29. The number of benzene rings is 1. The lowest BCUT2D eigenvalue weighted by Gasteiger charge is -2.46. The van der Waals surface area contributed by atoms with Crippen molar-refractivity contribution < 1.29 is 9.84 Å². The quantitative estimate of drug-likeness (QED) is 0.894. The van der Waals surface area contributed by atoms with Gasteiger partial charge in [0.1, 0.15) is 5.75 Å². The molecule has 0 aliphatic carbocycles. The molecule has 100 valence electrons. The van der Waals surface area contributed by atoms with Crippen LogP contribution in [0.4, 0.5) is 0 Å². The van der Waals surface area contributed by atoms with E-state index in [0.717, 1.165) is 26.2 Å². The van der Waals surface area contributed by atoms with Crippen molar-refractivity contribution in [3.8, 4) is 5.75 Å². The molecular weight excluding hydrogens is 226 g/mol. The van der Waals surface area contributed by atoms with Crippen LogP contribution in [-0.2, 0) is 4.74 Å². The number of nitrogens with zero attached hydrogens (tertiary/aromatic N) is 1. The summed E-state index contributed by atoms with van der Waals surface area (Å²) in [5, 5.41) is 9.39. The molecule has 3 nitrogen and oxygen atoms in total. The van der Waals surface area contributed by atoms with E-state index in [0.29, 0.717) is 11.8 Å². The van der Waals surface area contributed by atoms with Crippen LogP contribution in [0.3, 0.4) is 0 Å². The van der Waals surface area contributed by atoms with E-state index in [1.165, 1.54) is 5.56 Å². The fourth-order valence-electron chi connectivity index (χ4n) is 2.78. The molecular formula is C15H23NO2. The predicted molar refractivity (Wildman–Crippen MR) is 72.7 cm³/mol. The molecule has 0 bridgehead atoms. The highest BCUT2D eigenvalue weighted by atomic mass is 16.5. The lowest BCUT2D eigenvalue weighted by molar-refractivity contribution is -0.0736. The van der Waals surface area contributed by atoms with Gasteiger partial charge >= 0.3 is 0 Å². The Hall–Kier alpha value is -1.06. The molecule has 1 aromatic carbocycles. The minimum absolute atomic E-state index is 0.0663.